The van der Waals surface area contributed by atoms with Crippen molar-refractivity contribution in [3.05, 3.63) is 65.5 Å². The monoisotopic (exact) mass is 518 g/mol. The molecule has 1 aliphatic heterocycles. The summed E-state index contributed by atoms with van der Waals surface area (Å²) in [5.41, 5.74) is 3.10. The number of aryl methyl sites for hydroxylation is 1. The third-order valence-electron chi connectivity index (χ3n) is 7.84. The van der Waals surface area contributed by atoms with Crippen LogP contribution in [-0.4, -0.2) is 55.4 Å². The Bertz CT molecular complexity index is 1460. The molecule has 11 heteroatoms. The van der Waals surface area contributed by atoms with E-state index in [-0.39, 0.29) is 29.7 Å². The van der Waals surface area contributed by atoms with Gasteiger partial charge in [-0.1, -0.05) is 0 Å². The molecular weight excluding hydrogens is 487 g/mol. The van der Waals surface area contributed by atoms with Crippen molar-refractivity contribution in [3.63, 3.8) is 0 Å². The van der Waals surface area contributed by atoms with E-state index in [0.29, 0.717) is 11.3 Å². The maximum Gasteiger partial charge on any atom is 0.255 e. The fourth-order valence-corrected chi connectivity index (χ4v) is 5.91. The number of nitrogens with one attached hydrogen (secondary N) is 1. The smallest absolute Gasteiger partial charge is 0.255 e. The highest BCUT2D eigenvalue weighted by Gasteiger charge is 2.30. The number of nitrogens with zero attached hydrogens (tertiary/aromatic N) is 7. The number of pyridine rings is 1. The van der Waals surface area contributed by atoms with Crippen molar-refractivity contribution >= 4 is 17.1 Å². The average Bonchev–Trinajstić information content (AvgIpc) is 3.68. The molecule has 1 N–H and O–H groups in total. The summed E-state index contributed by atoms with van der Waals surface area (Å²) in [5.74, 6) is 1.34. The zero-order valence-corrected chi connectivity index (χ0v) is 21.5. The number of hydrogen-bond acceptors (Lipinski definition) is 7. The van der Waals surface area contributed by atoms with Crippen LogP contribution >= 0.6 is 0 Å². The van der Waals surface area contributed by atoms with Crippen LogP contribution in [0, 0.1) is 5.82 Å². The molecule has 1 saturated carbocycles. The molecule has 4 aromatic rings. The minimum Gasteiger partial charge on any atom is -0.496 e. The number of tetrazole rings is 1. The maximum absolute atomic E-state index is 14.1. The lowest BCUT2D eigenvalue weighted by Crippen LogP contribution is -2.37. The van der Waals surface area contributed by atoms with Gasteiger partial charge in [-0.2, -0.15) is 9.90 Å². The van der Waals surface area contributed by atoms with Gasteiger partial charge in [0.15, 0.2) is 5.82 Å². The summed E-state index contributed by atoms with van der Waals surface area (Å²) in [5, 5.41) is 20.1. The lowest BCUT2D eigenvalue weighted by Gasteiger charge is -2.28. The van der Waals surface area contributed by atoms with Crippen LogP contribution in [-0.2, 0) is 7.05 Å². The van der Waals surface area contributed by atoms with Gasteiger partial charge in [-0.15, -0.1) is 10.2 Å². The summed E-state index contributed by atoms with van der Waals surface area (Å²) < 4.78 is 21.4. The van der Waals surface area contributed by atoms with Gasteiger partial charge in [0.25, 0.3) is 5.91 Å². The largest absolute Gasteiger partial charge is 0.496 e. The van der Waals surface area contributed by atoms with Crippen LogP contribution in [0.15, 0.2) is 42.7 Å². The Labute approximate surface area is 219 Å². The molecule has 10 nitrogen and oxygen atoms in total. The maximum atomic E-state index is 14.1. The molecule has 6 rings (SSSR count). The number of methoxy groups -OCH3 is 1. The number of carbonyl (C=O) groups excluding carboxylic acids is 1. The van der Waals surface area contributed by atoms with Crippen molar-refractivity contribution < 1.29 is 13.9 Å². The van der Waals surface area contributed by atoms with Crippen LogP contribution in [0.25, 0.3) is 5.52 Å². The van der Waals surface area contributed by atoms with E-state index in [2.05, 4.69) is 30.7 Å². The van der Waals surface area contributed by atoms with Crippen LogP contribution in [0.4, 0.5) is 10.1 Å². The van der Waals surface area contributed by atoms with Gasteiger partial charge < -0.3 is 15.0 Å². The fraction of sp³-hybridized carbons (Fsp3) is 0.444. The van der Waals surface area contributed by atoms with E-state index in [4.69, 9.17) is 4.74 Å². The highest BCUT2D eigenvalue weighted by Crippen LogP contribution is 2.40. The van der Waals surface area contributed by atoms with Crippen LogP contribution in [0.5, 0.6) is 5.75 Å². The highest BCUT2D eigenvalue weighted by molar-refractivity contribution is 6.01. The van der Waals surface area contributed by atoms with Crippen molar-refractivity contribution in [3.8, 4) is 5.75 Å². The van der Waals surface area contributed by atoms with Gasteiger partial charge in [-0.05, 0) is 74.1 Å². The molecule has 1 saturated heterocycles. The van der Waals surface area contributed by atoms with Gasteiger partial charge in [0.2, 0.25) is 0 Å². The first kappa shape index (κ1) is 24.3. The molecule has 2 aliphatic rings. The number of aromatic nitrogens is 6. The highest BCUT2D eigenvalue weighted by atomic mass is 19.1. The number of anilines is 1. The Balaban J connectivity index is 1.19. The zero-order valence-electron chi connectivity index (χ0n) is 21.5. The van der Waals surface area contributed by atoms with E-state index in [1.165, 1.54) is 10.9 Å². The Hall–Kier alpha value is -4.02. The van der Waals surface area contributed by atoms with E-state index in [1.807, 2.05) is 18.3 Å². The standard InChI is InChI=1S/C27H31FN8O2/c1-34-32-26(31-33-34)17-5-8-19(9-6-17)30-27(37)22-16-29-36-13-11-20(15-24(22)36)35-12-3-4-23(35)21-14-18(28)7-10-25(21)38-2/h7,10-11,13-17,19,23H,3-6,8-9,12H2,1-2H3,(H,30,37). The van der Waals surface area contributed by atoms with Gasteiger partial charge in [0.1, 0.15) is 11.6 Å². The molecule has 1 amide bonds. The molecule has 1 aliphatic carbocycles. The van der Waals surface area contributed by atoms with E-state index < -0.39 is 0 Å². The third kappa shape index (κ3) is 4.57. The van der Waals surface area contributed by atoms with Gasteiger partial charge in [-0.25, -0.2) is 8.91 Å². The molecule has 0 bridgehead atoms. The summed E-state index contributed by atoms with van der Waals surface area (Å²) in [6.45, 7) is 0.833. The minimum absolute atomic E-state index is 0.0118. The molecule has 3 aromatic heterocycles. The predicted octanol–water partition coefficient (Wildman–Crippen LogP) is 3.80. The average molecular weight is 519 g/mol. The summed E-state index contributed by atoms with van der Waals surface area (Å²) in [7, 11) is 3.38. The first-order valence-electron chi connectivity index (χ1n) is 13.1. The summed E-state index contributed by atoms with van der Waals surface area (Å²) in [4.78, 5) is 17.1. The molecule has 1 aromatic carbocycles. The van der Waals surface area contributed by atoms with E-state index >= 15 is 0 Å². The molecule has 0 spiro atoms. The first-order valence-corrected chi connectivity index (χ1v) is 13.1. The second-order valence-electron chi connectivity index (χ2n) is 10.2. The Morgan fingerprint density at radius 3 is 2.74 bits per heavy atom. The van der Waals surface area contributed by atoms with Crippen molar-refractivity contribution in [2.75, 3.05) is 18.6 Å². The predicted molar refractivity (Wildman–Crippen MR) is 139 cm³/mol. The van der Waals surface area contributed by atoms with Crippen LogP contribution in [0.1, 0.15) is 72.2 Å². The fourth-order valence-electron chi connectivity index (χ4n) is 5.91. The summed E-state index contributed by atoms with van der Waals surface area (Å²) >= 11 is 0. The minimum atomic E-state index is -0.278. The number of rotatable bonds is 6. The molecule has 1 atom stereocenters. The third-order valence-corrected chi connectivity index (χ3v) is 7.84. The molecule has 0 radical (unpaired) electrons. The van der Waals surface area contributed by atoms with Gasteiger partial charge >= 0.3 is 0 Å². The lowest BCUT2D eigenvalue weighted by atomic mass is 9.85. The molecular formula is C27H31FN8O2. The topological polar surface area (TPSA) is 102 Å². The SMILES string of the molecule is COc1ccc(F)cc1C1CCCN1c1ccn2ncc(C(=O)NC3CCC(c4nnn(C)n4)CC3)c2c1. The molecule has 38 heavy (non-hydrogen) atoms. The number of ether oxygens (including phenoxy) is 1. The van der Waals surface area contributed by atoms with Gasteiger partial charge in [-0.3, -0.25) is 4.79 Å². The summed E-state index contributed by atoms with van der Waals surface area (Å²) in [6, 6.07) is 8.74. The van der Waals surface area contributed by atoms with Crippen molar-refractivity contribution in [1.82, 2.24) is 35.1 Å². The van der Waals surface area contributed by atoms with E-state index in [0.717, 1.165) is 67.7 Å². The molecule has 2 fully saturated rings. The number of fused-ring (bicyclic) bond motifs is 1. The second kappa shape index (κ2) is 10.0. The summed E-state index contributed by atoms with van der Waals surface area (Å²) in [6.07, 6.45) is 8.93. The number of benzene rings is 1. The van der Waals surface area contributed by atoms with Crippen molar-refractivity contribution in [2.45, 2.75) is 56.5 Å². The molecule has 4 heterocycles. The number of amides is 1. The van der Waals surface area contributed by atoms with E-state index in [9.17, 15) is 9.18 Å². The number of carbonyl (C=O) groups is 1. The molecule has 1 unspecified atom stereocenters. The van der Waals surface area contributed by atoms with Crippen LogP contribution in [0.2, 0.25) is 0 Å². The van der Waals surface area contributed by atoms with Gasteiger partial charge in [0.05, 0.1) is 37.5 Å². The second-order valence-corrected chi connectivity index (χ2v) is 10.2. The number of halogens is 1. The Morgan fingerprint density at radius 1 is 1.13 bits per heavy atom. The number of hydrogen-bond donors (Lipinski definition) is 1. The van der Waals surface area contributed by atoms with Crippen LogP contribution in [0.3, 0.4) is 0 Å². The van der Waals surface area contributed by atoms with Gasteiger partial charge in [0, 0.05) is 36.0 Å². The van der Waals surface area contributed by atoms with Crippen molar-refractivity contribution in [1.29, 1.82) is 0 Å². The molecule has 198 valence electrons. The van der Waals surface area contributed by atoms with Crippen LogP contribution < -0.4 is 15.0 Å². The first-order chi connectivity index (χ1) is 18.5. The Kier molecular flexibility index (Phi) is 6.42. The van der Waals surface area contributed by atoms with E-state index in [1.54, 1.807) is 37.0 Å². The van der Waals surface area contributed by atoms with Crippen molar-refractivity contribution in [2.24, 2.45) is 7.05 Å². The Morgan fingerprint density at radius 2 is 1.97 bits per heavy atom. The zero-order chi connectivity index (χ0) is 26.2. The quantitative estimate of drug-likeness (QED) is 0.414. The normalized spacial score (nSPS) is 21.7. The lowest BCUT2D eigenvalue weighted by molar-refractivity contribution is 0.0927.